The third-order valence-electron chi connectivity index (χ3n) is 10.3. The molecule has 2 atom stereocenters. The van der Waals surface area contributed by atoms with Gasteiger partial charge in [-0.3, -0.25) is 14.5 Å². The molecule has 2 amide bonds. The smallest absolute Gasteiger partial charge is 0.270 e. The van der Waals surface area contributed by atoms with Crippen LogP contribution in [0.4, 0.5) is 11.4 Å². The number of aromatic nitrogens is 1. The number of aryl methyl sites for hydroxylation is 1. The van der Waals surface area contributed by atoms with Crippen molar-refractivity contribution in [3.05, 3.63) is 77.6 Å². The lowest BCUT2D eigenvalue weighted by Gasteiger charge is -2.39. The van der Waals surface area contributed by atoms with Crippen LogP contribution in [0.15, 0.2) is 55.1 Å². The third-order valence-corrected chi connectivity index (χ3v) is 10.3. The summed E-state index contributed by atoms with van der Waals surface area (Å²) < 4.78 is 5.90. The summed E-state index contributed by atoms with van der Waals surface area (Å²) in [5.74, 6) is -0.191. The second-order valence-electron chi connectivity index (χ2n) is 13.1. The van der Waals surface area contributed by atoms with Crippen molar-refractivity contribution in [1.29, 1.82) is 0 Å². The molecule has 3 fully saturated rings. The summed E-state index contributed by atoms with van der Waals surface area (Å²) >= 11 is 0. The second kappa shape index (κ2) is 13.0. The van der Waals surface area contributed by atoms with Crippen LogP contribution in [0.5, 0.6) is 0 Å². The van der Waals surface area contributed by atoms with Crippen molar-refractivity contribution >= 4 is 34.0 Å². The van der Waals surface area contributed by atoms with Gasteiger partial charge in [0.05, 0.1) is 37.5 Å². The van der Waals surface area contributed by atoms with E-state index in [1.54, 1.807) is 0 Å². The number of piperazine rings is 2. The molecule has 3 saturated heterocycles. The van der Waals surface area contributed by atoms with Crippen LogP contribution in [0.25, 0.3) is 10.8 Å². The molecule has 4 aliphatic heterocycles. The third kappa shape index (κ3) is 5.97. The van der Waals surface area contributed by atoms with Crippen LogP contribution in [0.3, 0.4) is 0 Å². The average Bonchev–Trinajstić information content (AvgIpc) is 3.55. The van der Waals surface area contributed by atoms with Gasteiger partial charge in [-0.15, -0.1) is 0 Å². The van der Waals surface area contributed by atoms with Crippen molar-refractivity contribution in [3.63, 3.8) is 0 Å². The van der Waals surface area contributed by atoms with Gasteiger partial charge in [-0.25, -0.2) is 4.98 Å². The number of rotatable bonds is 6. The zero-order valence-corrected chi connectivity index (χ0v) is 27.1. The quantitative estimate of drug-likeness (QED) is 0.420. The van der Waals surface area contributed by atoms with E-state index in [0.717, 1.165) is 50.5 Å². The molecule has 0 saturated carbocycles. The summed E-state index contributed by atoms with van der Waals surface area (Å²) in [4.78, 5) is 42.7. The first kappa shape index (κ1) is 30.7. The molecule has 0 bridgehead atoms. The summed E-state index contributed by atoms with van der Waals surface area (Å²) in [6.07, 6.45) is 2.22. The first-order valence-electron chi connectivity index (χ1n) is 16.6. The molecular formula is C36H45N7O3. The Bertz CT molecular complexity index is 1620. The number of nitrogens with zero attached hydrogens (tertiary/aromatic N) is 6. The Labute approximate surface area is 271 Å². The summed E-state index contributed by atoms with van der Waals surface area (Å²) in [6, 6.07) is 15.0. The van der Waals surface area contributed by atoms with E-state index in [1.165, 1.54) is 33.7 Å². The van der Waals surface area contributed by atoms with E-state index in [4.69, 9.17) is 9.72 Å². The van der Waals surface area contributed by atoms with E-state index < -0.39 is 0 Å². The van der Waals surface area contributed by atoms with Crippen molar-refractivity contribution in [2.24, 2.45) is 0 Å². The number of carbonyl (C=O) groups excluding carboxylic acids is 2. The van der Waals surface area contributed by atoms with Crippen molar-refractivity contribution < 1.29 is 14.3 Å². The number of anilines is 2. The summed E-state index contributed by atoms with van der Waals surface area (Å²) in [6.45, 7) is 15.1. The van der Waals surface area contributed by atoms with Crippen LogP contribution in [0.2, 0.25) is 0 Å². The Morgan fingerprint density at radius 2 is 1.70 bits per heavy atom. The van der Waals surface area contributed by atoms with Crippen molar-refractivity contribution in [3.8, 4) is 0 Å². The highest BCUT2D eigenvalue weighted by Gasteiger charge is 2.36. The topological polar surface area (TPSA) is 84.5 Å². The Kier molecular flexibility index (Phi) is 8.68. The first-order valence-corrected chi connectivity index (χ1v) is 16.6. The number of ether oxygens (including phenoxy) is 1. The Balaban J connectivity index is 1.18. The molecule has 3 aromatic rings. The minimum Gasteiger partial charge on any atom is -0.378 e. The lowest BCUT2D eigenvalue weighted by molar-refractivity contribution is -0.126. The van der Waals surface area contributed by atoms with Crippen LogP contribution < -0.4 is 15.1 Å². The number of nitrogens with one attached hydrogen (secondary N) is 1. The second-order valence-corrected chi connectivity index (χ2v) is 13.1. The lowest BCUT2D eigenvalue weighted by atomic mass is 9.97. The van der Waals surface area contributed by atoms with Crippen LogP contribution in [0.1, 0.15) is 27.3 Å². The average molecular weight is 624 g/mol. The molecule has 0 unspecified atom stereocenters. The van der Waals surface area contributed by atoms with E-state index in [1.807, 2.05) is 11.0 Å². The van der Waals surface area contributed by atoms with Gasteiger partial charge in [0.1, 0.15) is 5.69 Å². The van der Waals surface area contributed by atoms with Gasteiger partial charge in [-0.2, -0.15) is 0 Å². The maximum Gasteiger partial charge on any atom is 0.270 e. The van der Waals surface area contributed by atoms with Gasteiger partial charge < -0.3 is 29.7 Å². The van der Waals surface area contributed by atoms with Gasteiger partial charge in [0.2, 0.25) is 5.91 Å². The Hall–Kier alpha value is -3.99. The molecule has 1 N–H and O–H groups in total. The van der Waals surface area contributed by atoms with Gasteiger partial charge in [-0.05, 0) is 49.6 Å². The van der Waals surface area contributed by atoms with Gasteiger partial charge in [0.25, 0.3) is 5.91 Å². The molecule has 0 aliphatic carbocycles. The maximum absolute atomic E-state index is 14.0. The number of likely N-dealkylation sites (N-methyl/N-ethyl adjacent to an activating group) is 1. The SMILES string of the molecule is C=CC(=O)N1CCN(c2cc(C(=O)N[C@@H]3COC[C@H]3N3CCN(C)CC3)nc3c2CCN(c2cccc4cccc(C)c24)C3)CC1. The standard InChI is InChI=1S/C36H45N7O3/c1-4-34(44)42-19-17-40(18-20-42)32-21-28(36(45)38-30-23-46-24-33(30)41-15-13-39(3)14-16-41)37-29-22-43(12-11-27(29)32)31-10-6-9-26-8-5-7-25(2)35(26)31/h4-10,21,30,33H,1,11-20,22-24H2,2-3H3,(H,38,45)/t30-,33-/m1/s1. The summed E-state index contributed by atoms with van der Waals surface area (Å²) in [7, 11) is 2.15. The first-order chi connectivity index (χ1) is 22.4. The maximum atomic E-state index is 14.0. The fourth-order valence-electron chi connectivity index (χ4n) is 7.63. The predicted molar refractivity (Wildman–Crippen MR) is 182 cm³/mol. The molecule has 0 radical (unpaired) electrons. The van der Waals surface area contributed by atoms with Crippen molar-refractivity contribution in [2.45, 2.75) is 32.0 Å². The minimum absolute atomic E-state index is 0.0359. The molecular weight excluding hydrogens is 578 g/mol. The molecule has 2 aromatic carbocycles. The predicted octanol–water partition coefficient (Wildman–Crippen LogP) is 2.69. The molecule has 46 heavy (non-hydrogen) atoms. The van der Waals surface area contributed by atoms with E-state index in [0.29, 0.717) is 51.6 Å². The summed E-state index contributed by atoms with van der Waals surface area (Å²) in [5, 5.41) is 5.81. The molecule has 5 heterocycles. The molecule has 7 rings (SSSR count). The summed E-state index contributed by atoms with van der Waals surface area (Å²) in [5.41, 5.74) is 6.11. The molecule has 0 spiro atoms. The highest BCUT2D eigenvalue weighted by molar-refractivity contribution is 5.97. The molecule has 10 nitrogen and oxygen atoms in total. The van der Waals surface area contributed by atoms with E-state index >= 15 is 0 Å². The largest absolute Gasteiger partial charge is 0.378 e. The van der Waals surface area contributed by atoms with Crippen LogP contribution in [-0.4, -0.2) is 123 Å². The van der Waals surface area contributed by atoms with Crippen molar-refractivity contribution in [2.75, 3.05) is 89.0 Å². The van der Waals surface area contributed by atoms with E-state index in [9.17, 15) is 9.59 Å². The Morgan fingerprint density at radius 1 is 0.935 bits per heavy atom. The zero-order chi connectivity index (χ0) is 31.8. The van der Waals surface area contributed by atoms with Gasteiger partial charge in [0.15, 0.2) is 0 Å². The van der Waals surface area contributed by atoms with E-state index in [2.05, 4.69) is 81.9 Å². The number of hydrogen-bond donors (Lipinski definition) is 1. The van der Waals surface area contributed by atoms with Crippen LogP contribution in [-0.2, 0) is 22.5 Å². The van der Waals surface area contributed by atoms with Crippen LogP contribution in [0, 0.1) is 6.92 Å². The molecule has 1 aromatic heterocycles. The molecule has 4 aliphatic rings. The fraction of sp³-hybridized carbons (Fsp3) is 0.472. The number of hydrogen-bond acceptors (Lipinski definition) is 8. The molecule has 10 heteroatoms. The van der Waals surface area contributed by atoms with Gasteiger partial charge in [0, 0.05) is 81.2 Å². The number of pyridine rings is 1. The van der Waals surface area contributed by atoms with Gasteiger partial charge >= 0.3 is 0 Å². The minimum atomic E-state index is -0.155. The molecule has 242 valence electrons. The number of carbonyl (C=O) groups is 2. The highest BCUT2D eigenvalue weighted by atomic mass is 16.5. The number of benzene rings is 2. The van der Waals surface area contributed by atoms with Gasteiger partial charge in [-0.1, -0.05) is 36.9 Å². The number of amides is 2. The Morgan fingerprint density at radius 3 is 2.46 bits per heavy atom. The zero-order valence-electron chi connectivity index (χ0n) is 27.1. The monoisotopic (exact) mass is 623 g/mol. The van der Waals surface area contributed by atoms with E-state index in [-0.39, 0.29) is 23.9 Å². The van der Waals surface area contributed by atoms with Crippen LogP contribution >= 0.6 is 0 Å². The number of fused-ring (bicyclic) bond motifs is 2. The lowest BCUT2D eigenvalue weighted by Crippen LogP contribution is -2.56. The van der Waals surface area contributed by atoms with Crippen molar-refractivity contribution in [1.82, 2.24) is 25.0 Å². The highest BCUT2D eigenvalue weighted by Crippen LogP contribution is 2.36. The normalized spacial score (nSPS) is 22.6. The fourth-order valence-corrected chi connectivity index (χ4v) is 7.63.